The smallest absolute Gasteiger partial charge is 0.0540 e. The number of rotatable bonds is 5. The van der Waals surface area contributed by atoms with Crippen LogP contribution in [0.4, 0.5) is 17.1 Å². The number of thiophene rings is 1. The zero-order valence-corrected chi connectivity index (χ0v) is 32.9. The molecule has 9 aromatic rings. The summed E-state index contributed by atoms with van der Waals surface area (Å²) in [6.45, 7) is 9.52. The summed E-state index contributed by atoms with van der Waals surface area (Å²) in [5.41, 5.74) is 19.1. The van der Waals surface area contributed by atoms with Gasteiger partial charge in [0, 0.05) is 47.9 Å². The van der Waals surface area contributed by atoms with Crippen LogP contribution in [-0.2, 0) is 10.8 Å². The molecule has 0 atom stereocenters. The summed E-state index contributed by atoms with van der Waals surface area (Å²) in [5.74, 6) is 0. The van der Waals surface area contributed by atoms with E-state index in [1.165, 1.54) is 92.6 Å². The molecule has 11 rings (SSSR count). The maximum absolute atomic E-state index is 2.49. The largest absolute Gasteiger partial charge is 0.310 e. The zero-order valence-electron chi connectivity index (χ0n) is 32.1. The highest BCUT2D eigenvalue weighted by Crippen LogP contribution is 2.55. The summed E-state index contributed by atoms with van der Waals surface area (Å²) in [7, 11) is 0. The lowest BCUT2D eigenvalue weighted by molar-refractivity contribution is 0.660. The van der Waals surface area contributed by atoms with Crippen molar-refractivity contribution >= 4 is 48.6 Å². The van der Waals surface area contributed by atoms with Gasteiger partial charge in [-0.1, -0.05) is 167 Å². The van der Waals surface area contributed by atoms with Gasteiger partial charge in [-0.3, -0.25) is 0 Å². The van der Waals surface area contributed by atoms with E-state index in [0.29, 0.717) is 0 Å². The average Bonchev–Trinajstić information content (AvgIpc) is 3.81. The van der Waals surface area contributed by atoms with Gasteiger partial charge in [-0.25, -0.2) is 0 Å². The van der Waals surface area contributed by atoms with Crippen LogP contribution in [0.3, 0.4) is 0 Å². The molecule has 8 aromatic carbocycles. The second-order valence-corrected chi connectivity index (χ2v) is 17.5. The van der Waals surface area contributed by atoms with Crippen molar-refractivity contribution in [2.75, 3.05) is 4.90 Å². The van der Waals surface area contributed by atoms with Crippen LogP contribution in [0, 0.1) is 0 Å². The summed E-state index contributed by atoms with van der Waals surface area (Å²) in [6.07, 6.45) is 0. The molecule has 2 heteroatoms. The van der Waals surface area contributed by atoms with Gasteiger partial charge < -0.3 is 4.90 Å². The molecule has 56 heavy (non-hydrogen) atoms. The summed E-state index contributed by atoms with van der Waals surface area (Å²) < 4.78 is 2.67. The Labute approximate surface area is 333 Å². The summed E-state index contributed by atoms with van der Waals surface area (Å²) >= 11 is 1.89. The van der Waals surface area contributed by atoms with E-state index >= 15 is 0 Å². The molecule has 1 heterocycles. The van der Waals surface area contributed by atoms with Crippen LogP contribution in [0.15, 0.2) is 176 Å². The molecule has 1 nitrogen and oxygen atoms in total. The Kier molecular flexibility index (Phi) is 7.18. The van der Waals surface area contributed by atoms with Gasteiger partial charge in [0.25, 0.3) is 0 Å². The number of benzene rings is 8. The lowest BCUT2D eigenvalue weighted by atomic mass is 9.78. The molecule has 0 radical (unpaired) electrons. The van der Waals surface area contributed by atoms with Crippen molar-refractivity contribution in [3.05, 3.63) is 198 Å². The molecule has 2 aliphatic rings. The molecule has 0 amide bonds. The number of nitrogens with zero attached hydrogens (tertiary/aromatic N) is 1. The van der Waals surface area contributed by atoms with Crippen molar-refractivity contribution in [3.8, 4) is 44.5 Å². The molecule has 0 saturated heterocycles. The van der Waals surface area contributed by atoms with Crippen LogP contribution in [0.5, 0.6) is 0 Å². The fourth-order valence-corrected chi connectivity index (χ4v) is 11.2. The van der Waals surface area contributed by atoms with Crippen LogP contribution in [0.2, 0.25) is 0 Å². The first-order valence-corrected chi connectivity index (χ1v) is 20.5. The first-order valence-electron chi connectivity index (χ1n) is 19.7. The normalized spacial score (nSPS) is 14.4. The minimum absolute atomic E-state index is 0.115. The molecule has 2 aliphatic carbocycles. The van der Waals surface area contributed by atoms with E-state index in [1.807, 2.05) is 11.3 Å². The van der Waals surface area contributed by atoms with Crippen molar-refractivity contribution in [1.29, 1.82) is 0 Å². The predicted molar refractivity (Wildman–Crippen MR) is 240 cm³/mol. The standard InChI is InChI=1S/C54H41NS/c1-53(2)46-23-9-5-15-38(46)40-32-31-36(33-48(40)53)55(35-29-27-34(28-30-35)37-19-13-22-45-42-18-8-12-26-50(42)56-52(37)45)49-25-11-7-17-41(49)44-21-14-20-43-39-16-6-10-24-47(39)54(3,4)51(43)44/h5-33H,1-4H3. The van der Waals surface area contributed by atoms with Gasteiger partial charge in [0.05, 0.1) is 5.69 Å². The highest BCUT2D eigenvalue weighted by Gasteiger charge is 2.39. The van der Waals surface area contributed by atoms with Crippen molar-refractivity contribution < 1.29 is 0 Å². The van der Waals surface area contributed by atoms with Crippen molar-refractivity contribution in [1.82, 2.24) is 0 Å². The Morgan fingerprint density at radius 2 is 0.929 bits per heavy atom. The quantitative estimate of drug-likeness (QED) is 0.170. The van der Waals surface area contributed by atoms with E-state index in [1.54, 1.807) is 0 Å². The van der Waals surface area contributed by atoms with Gasteiger partial charge in [-0.05, 0) is 97.6 Å². The van der Waals surface area contributed by atoms with E-state index in [0.717, 1.165) is 11.4 Å². The molecule has 0 spiro atoms. The molecule has 0 saturated carbocycles. The number of hydrogen-bond donors (Lipinski definition) is 0. The minimum atomic E-state index is -0.140. The highest BCUT2D eigenvalue weighted by molar-refractivity contribution is 7.26. The van der Waals surface area contributed by atoms with Gasteiger partial charge >= 0.3 is 0 Å². The van der Waals surface area contributed by atoms with Crippen molar-refractivity contribution in [2.24, 2.45) is 0 Å². The average molecular weight is 736 g/mol. The zero-order chi connectivity index (χ0) is 37.8. The van der Waals surface area contributed by atoms with Gasteiger partial charge in [0.15, 0.2) is 0 Å². The second-order valence-electron chi connectivity index (χ2n) is 16.5. The van der Waals surface area contributed by atoms with E-state index < -0.39 is 0 Å². The second kappa shape index (κ2) is 12.1. The van der Waals surface area contributed by atoms with E-state index in [2.05, 4.69) is 209 Å². The first-order chi connectivity index (χ1) is 27.3. The number of fused-ring (bicyclic) bond motifs is 9. The molecular weight excluding hydrogens is 695 g/mol. The third-order valence-corrected chi connectivity index (χ3v) is 13.9. The minimum Gasteiger partial charge on any atom is -0.310 e. The maximum atomic E-state index is 2.49. The van der Waals surface area contributed by atoms with Gasteiger partial charge in [0.1, 0.15) is 0 Å². The van der Waals surface area contributed by atoms with Crippen LogP contribution in [0.25, 0.3) is 64.7 Å². The predicted octanol–water partition coefficient (Wildman–Crippen LogP) is 15.5. The SMILES string of the molecule is CC1(C)c2ccccc2-c2ccc(N(c3ccc(-c4cccc5c4sc4ccccc45)cc3)c3ccccc3-c3cccc4c3C(C)(C)c3ccccc3-4)cc21. The number of anilines is 3. The summed E-state index contributed by atoms with van der Waals surface area (Å²) in [5, 5.41) is 2.65. The first kappa shape index (κ1) is 33.1. The lowest BCUT2D eigenvalue weighted by Crippen LogP contribution is -2.18. The Morgan fingerprint density at radius 3 is 1.71 bits per heavy atom. The molecule has 268 valence electrons. The van der Waals surface area contributed by atoms with Gasteiger partial charge in [0.2, 0.25) is 0 Å². The lowest BCUT2D eigenvalue weighted by Gasteiger charge is -2.31. The monoisotopic (exact) mass is 735 g/mol. The number of hydrogen-bond acceptors (Lipinski definition) is 2. The van der Waals surface area contributed by atoms with Crippen LogP contribution >= 0.6 is 11.3 Å². The molecule has 0 aliphatic heterocycles. The third-order valence-electron chi connectivity index (χ3n) is 12.7. The van der Waals surface area contributed by atoms with E-state index in [-0.39, 0.29) is 10.8 Å². The third kappa shape index (κ3) is 4.72. The van der Waals surface area contributed by atoms with Crippen LogP contribution < -0.4 is 4.90 Å². The molecule has 0 unspecified atom stereocenters. The summed E-state index contributed by atoms with van der Waals surface area (Å²) in [4.78, 5) is 2.49. The fourth-order valence-electron chi connectivity index (χ4n) is 9.99. The van der Waals surface area contributed by atoms with Gasteiger partial charge in [-0.2, -0.15) is 0 Å². The van der Waals surface area contributed by atoms with E-state index in [4.69, 9.17) is 0 Å². The van der Waals surface area contributed by atoms with Crippen LogP contribution in [-0.4, -0.2) is 0 Å². The number of para-hydroxylation sites is 1. The van der Waals surface area contributed by atoms with Crippen LogP contribution in [0.1, 0.15) is 49.9 Å². The Balaban J connectivity index is 1.11. The molecule has 0 N–H and O–H groups in total. The molecule has 1 aromatic heterocycles. The topological polar surface area (TPSA) is 3.24 Å². The fraction of sp³-hybridized carbons (Fsp3) is 0.111. The molecule has 0 fully saturated rings. The highest BCUT2D eigenvalue weighted by atomic mass is 32.1. The van der Waals surface area contributed by atoms with Crippen molar-refractivity contribution in [3.63, 3.8) is 0 Å². The Morgan fingerprint density at radius 1 is 0.393 bits per heavy atom. The molecule has 0 bridgehead atoms. The summed E-state index contributed by atoms with van der Waals surface area (Å²) in [6, 6.07) is 65.7. The van der Waals surface area contributed by atoms with E-state index in [9.17, 15) is 0 Å². The Hall–Kier alpha value is -6.22. The van der Waals surface area contributed by atoms with Crippen molar-refractivity contribution in [2.45, 2.75) is 38.5 Å². The molecular formula is C54H41NS. The maximum Gasteiger partial charge on any atom is 0.0540 e. The Bertz CT molecular complexity index is 3030. The van der Waals surface area contributed by atoms with Gasteiger partial charge in [-0.15, -0.1) is 11.3 Å².